The molecule has 0 heterocycles. The van der Waals surface area contributed by atoms with Gasteiger partial charge in [0.2, 0.25) is 0 Å². The van der Waals surface area contributed by atoms with Gasteiger partial charge in [0.05, 0.1) is 0 Å². The van der Waals surface area contributed by atoms with E-state index in [4.69, 9.17) is 19.5 Å². The molecule has 2 aliphatic carbocycles. The molecule has 3 rings (SSSR count). The molecule has 0 saturated heterocycles. The minimum absolute atomic E-state index is 0.565. The van der Waals surface area contributed by atoms with Gasteiger partial charge in [-0.05, 0) is 25.0 Å². The summed E-state index contributed by atoms with van der Waals surface area (Å²) in [7, 11) is 3.40. The van der Waals surface area contributed by atoms with Crippen LogP contribution >= 0.6 is 15.9 Å². The third-order valence-electron chi connectivity index (χ3n) is 4.73. The zero-order valence-electron chi connectivity index (χ0n) is 14.8. The maximum atomic E-state index is 11.2. The van der Waals surface area contributed by atoms with Crippen LogP contribution in [0.3, 0.4) is 0 Å². The van der Waals surface area contributed by atoms with Gasteiger partial charge in [-0.25, -0.2) is 0 Å². The van der Waals surface area contributed by atoms with E-state index in [1.54, 1.807) is 14.2 Å². The molecule has 0 fully saturated rings. The number of halogens is 1. The van der Waals surface area contributed by atoms with Crippen molar-refractivity contribution in [1.29, 1.82) is 0 Å². The summed E-state index contributed by atoms with van der Waals surface area (Å²) >= 11 is 3.60. The number of hydrogen-bond donors (Lipinski definition) is 1. The van der Waals surface area contributed by atoms with E-state index >= 15 is 0 Å². The Morgan fingerprint density at radius 2 is 1.48 bits per heavy atom. The fourth-order valence-electron chi connectivity index (χ4n) is 3.68. The first kappa shape index (κ1) is 18.7. The number of aliphatic hydroxyl groups is 1. The Morgan fingerprint density at radius 3 is 1.92 bits per heavy atom. The Hall–Kier alpha value is -1.08. The van der Waals surface area contributed by atoms with Gasteiger partial charge >= 0.3 is 0 Å². The van der Waals surface area contributed by atoms with Gasteiger partial charge in [0.1, 0.15) is 5.60 Å². The zero-order valence-corrected chi connectivity index (χ0v) is 16.4. The maximum Gasteiger partial charge on any atom is 0.102 e. The highest BCUT2D eigenvalue weighted by atomic mass is 79.9. The van der Waals surface area contributed by atoms with E-state index in [1.807, 2.05) is 0 Å². The lowest BCUT2D eigenvalue weighted by Crippen LogP contribution is -2.20. The number of methoxy groups -OCH3 is 2. The second-order valence-electron chi connectivity index (χ2n) is 6.61. The topological polar surface area (TPSA) is 63.4 Å². The van der Waals surface area contributed by atoms with Crippen LogP contribution in [0.1, 0.15) is 42.4 Å². The molecule has 136 valence electrons. The van der Waals surface area contributed by atoms with E-state index in [2.05, 4.69) is 28.1 Å². The highest BCUT2D eigenvalue weighted by molar-refractivity contribution is 9.10. The Labute approximate surface area is 157 Å². The summed E-state index contributed by atoms with van der Waals surface area (Å²) in [5.41, 5.74) is 4.26. The van der Waals surface area contributed by atoms with E-state index in [1.165, 1.54) is 0 Å². The summed E-state index contributed by atoms with van der Waals surface area (Å²) in [5.74, 6) is 0. The van der Waals surface area contributed by atoms with Gasteiger partial charge in [0.15, 0.2) is 0 Å². The molecule has 1 N–H and O–H groups in total. The third kappa shape index (κ3) is 3.87. The average molecular weight is 409 g/mol. The lowest BCUT2D eigenvalue weighted by molar-refractivity contribution is 0.0625. The predicted molar refractivity (Wildman–Crippen MR) is 103 cm³/mol. The molecule has 0 atom stereocenters. The smallest absolute Gasteiger partial charge is 0.102 e. The standard InChI is InChI=1S/C19H25BrN2O3/c1-24-7-3-5-21-16-11-19(23)12-17(22-6-4-8-25-2)15-10-13(20)9-14(16)18(15)19/h9-10,23H,3-8,11-12H2,1-2H3. The van der Waals surface area contributed by atoms with Crippen molar-refractivity contribution < 1.29 is 14.6 Å². The quantitative estimate of drug-likeness (QED) is 0.672. The number of ether oxygens (including phenoxy) is 2. The monoisotopic (exact) mass is 408 g/mol. The molecule has 0 unspecified atom stereocenters. The van der Waals surface area contributed by atoms with Crippen LogP contribution in [0.5, 0.6) is 0 Å². The first-order valence-electron chi connectivity index (χ1n) is 8.71. The van der Waals surface area contributed by atoms with Gasteiger partial charge < -0.3 is 14.6 Å². The van der Waals surface area contributed by atoms with Crippen LogP contribution in [0.2, 0.25) is 0 Å². The van der Waals surface area contributed by atoms with Crippen LogP contribution < -0.4 is 0 Å². The van der Waals surface area contributed by atoms with Crippen LogP contribution in [-0.2, 0) is 15.1 Å². The predicted octanol–water partition coefficient (Wildman–Crippen LogP) is 3.10. The zero-order chi connectivity index (χ0) is 17.9. The summed E-state index contributed by atoms with van der Waals surface area (Å²) in [6, 6.07) is 4.14. The number of rotatable bonds is 8. The van der Waals surface area contributed by atoms with Crippen LogP contribution in [-0.4, -0.2) is 57.1 Å². The molecule has 6 heteroatoms. The fraction of sp³-hybridized carbons (Fsp3) is 0.579. The molecular formula is C19H25BrN2O3. The van der Waals surface area contributed by atoms with Gasteiger partial charge in [0, 0.05) is 86.0 Å². The van der Waals surface area contributed by atoms with E-state index in [0.717, 1.165) is 58.5 Å². The van der Waals surface area contributed by atoms with Crippen molar-refractivity contribution in [2.24, 2.45) is 9.98 Å². The highest BCUT2D eigenvalue weighted by Gasteiger charge is 2.48. The number of hydrogen-bond acceptors (Lipinski definition) is 5. The maximum absolute atomic E-state index is 11.2. The average Bonchev–Trinajstić information content (AvgIpc) is 3.01. The molecule has 2 aliphatic rings. The summed E-state index contributed by atoms with van der Waals surface area (Å²) < 4.78 is 11.2. The molecule has 0 aliphatic heterocycles. The number of aliphatic imine (C=N–C) groups is 2. The molecule has 0 spiro atoms. The van der Waals surface area contributed by atoms with Crippen molar-refractivity contribution in [3.8, 4) is 0 Å². The van der Waals surface area contributed by atoms with Crippen LogP contribution in [0.15, 0.2) is 26.6 Å². The van der Waals surface area contributed by atoms with Gasteiger partial charge in [-0.2, -0.15) is 0 Å². The second-order valence-corrected chi connectivity index (χ2v) is 7.53. The van der Waals surface area contributed by atoms with Crippen molar-refractivity contribution >= 4 is 27.4 Å². The molecular weight excluding hydrogens is 384 g/mol. The lowest BCUT2D eigenvalue weighted by Gasteiger charge is -2.16. The molecule has 0 radical (unpaired) electrons. The minimum atomic E-state index is -0.856. The van der Waals surface area contributed by atoms with Crippen molar-refractivity contribution in [1.82, 2.24) is 0 Å². The Bertz CT molecular complexity index is 649. The Balaban J connectivity index is 1.88. The third-order valence-corrected chi connectivity index (χ3v) is 5.19. The summed E-state index contributed by atoms with van der Waals surface area (Å²) in [4.78, 5) is 9.45. The molecule has 0 bridgehead atoms. The molecule has 1 aromatic rings. The first-order chi connectivity index (χ1) is 12.1. The molecule has 1 aromatic carbocycles. The Kier molecular flexibility index (Phi) is 6.04. The molecule has 0 amide bonds. The summed E-state index contributed by atoms with van der Waals surface area (Å²) in [6.45, 7) is 2.85. The molecule has 0 aromatic heterocycles. The van der Waals surface area contributed by atoms with Crippen LogP contribution in [0, 0.1) is 0 Å². The SMILES string of the molecule is COCCCN=C1CC2(O)CC(=NCCCOC)c3cc(Br)cc1c32. The Morgan fingerprint density at radius 1 is 1.00 bits per heavy atom. The number of nitrogens with zero attached hydrogens (tertiary/aromatic N) is 2. The van der Waals surface area contributed by atoms with Crippen LogP contribution in [0.4, 0.5) is 0 Å². The molecule has 5 nitrogen and oxygen atoms in total. The largest absolute Gasteiger partial charge is 0.385 e. The van der Waals surface area contributed by atoms with Crippen molar-refractivity contribution in [3.63, 3.8) is 0 Å². The van der Waals surface area contributed by atoms with Gasteiger partial charge in [-0.3, -0.25) is 9.98 Å². The van der Waals surface area contributed by atoms with Gasteiger partial charge in [0.25, 0.3) is 0 Å². The highest BCUT2D eigenvalue weighted by Crippen LogP contribution is 2.48. The van der Waals surface area contributed by atoms with E-state index in [-0.39, 0.29) is 0 Å². The van der Waals surface area contributed by atoms with Gasteiger partial charge in [-0.1, -0.05) is 15.9 Å². The van der Waals surface area contributed by atoms with Crippen molar-refractivity contribution in [3.05, 3.63) is 33.3 Å². The molecule has 25 heavy (non-hydrogen) atoms. The second kappa shape index (κ2) is 8.08. The first-order valence-corrected chi connectivity index (χ1v) is 9.50. The minimum Gasteiger partial charge on any atom is -0.385 e. The fourth-order valence-corrected chi connectivity index (χ4v) is 4.13. The van der Waals surface area contributed by atoms with Crippen molar-refractivity contribution in [2.45, 2.75) is 31.3 Å². The van der Waals surface area contributed by atoms with E-state index in [0.29, 0.717) is 26.1 Å². The van der Waals surface area contributed by atoms with E-state index in [9.17, 15) is 5.11 Å². The van der Waals surface area contributed by atoms with Crippen molar-refractivity contribution in [2.75, 3.05) is 40.5 Å². The summed E-state index contributed by atoms with van der Waals surface area (Å²) in [6.07, 6.45) is 2.91. The normalized spacial score (nSPS) is 24.5. The number of benzene rings is 1. The summed E-state index contributed by atoms with van der Waals surface area (Å²) in [5, 5.41) is 11.2. The van der Waals surface area contributed by atoms with Crippen LogP contribution in [0.25, 0.3) is 0 Å². The van der Waals surface area contributed by atoms with E-state index < -0.39 is 5.60 Å². The van der Waals surface area contributed by atoms with Gasteiger partial charge in [-0.15, -0.1) is 0 Å². The molecule has 0 saturated carbocycles. The lowest BCUT2D eigenvalue weighted by atomic mass is 9.99.